The van der Waals surface area contributed by atoms with Gasteiger partial charge in [-0.2, -0.15) is 5.10 Å². The Morgan fingerprint density at radius 1 is 1.55 bits per heavy atom. The molecule has 108 valence electrons. The van der Waals surface area contributed by atoms with Gasteiger partial charge in [-0.05, 0) is 51.4 Å². The maximum Gasteiger partial charge on any atom is 0.243 e. The van der Waals surface area contributed by atoms with Gasteiger partial charge in [0.15, 0.2) is 10.6 Å². The number of rotatable bonds is 3. The van der Waals surface area contributed by atoms with Gasteiger partial charge < -0.3 is 5.32 Å². The van der Waals surface area contributed by atoms with Gasteiger partial charge in [0.05, 0.1) is 4.88 Å². The molecule has 2 rings (SSSR count). The highest BCUT2D eigenvalue weighted by Crippen LogP contribution is 2.25. The molecule has 1 unspecified atom stereocenters. The summed E-state index contributed by atoms with van der Waals surface area (Å²) < 4.78 is 2.20. The number of H-pyrrole nitrogens is 1. The Kier molecular flexibility index (Phi) is 4.10. The van der Waals surface area contributed by atoms with Crippen molar-refractivity contribution in [2.75, 3.05) is 0 Å². The van der Waals surface area contributed by atoms with Crippen molar-refractivity contribution < 1.29 is 4.79 Å². The first-order chi connectivity index (χ1) is 9.29. The second-order valence-corrected chi connectivity index (χ2v) is 6.95. The van der Waals surface area contributed by atoms with Gasteiger partial charge in [0.25, 0.3) is 0 Å². The van der Waals surface area contributed by atoms with Gasteiger partial charge in [-0.1, -0.05) is 6.07 Å². The third-order valence-corrected chi connectivity index (χ3v) is 3.86. The van der Waals surface area contributed by atoms with E-state index in [4.69, 9.17) is 12.2 Å². The summed E-state index contributed by atoms with van der Waals surface area (Å²) in [5.74, 6) is 0.620. The average Bonchev–Trinajstić information content (AvgIpc) is 2.94. The van der Waals surface area contributed by atoms with E-state index in [-0.39, 0.29) is 11.4 Å². The van der Waals surface area contributed by atoms with Crippen LogP contribution in [-0.4, -0.2) is 26.2 Å². The highest BCUT2D eigenvalue weighted by Gasteiger charge is 2.24. The fraction of sp³-hybridized carbons (Fsp3) is 0.462. The summed E-state index contributed by atoms with van der Waals surface area (Å²) in [6.45, 7) is 7.68. The lowest BCUT2D eigenvalue weighted by atomic mass is 10.1. The third kappa shape index (κ3) is 3.16. The lowest BCUT2D eigenvalue weighted by molar-refractivity contribution is -0.125. The van der Waals surface area contributed by atoms with E-state index in [9.17, 15) is 4.79 Å². The van der Waals surface area contributed by atoms with Crippen molar-refractivity contribution in [3.63, 3.8) is 0 Å². The molecule has 0 bridgehead atoms. The molecule has 2 N–H and O–H groups in total. The third-order valence-electron chi connectivity index (χ3n) is 2.71. The van der Waals surface area contributed by atoms with E-state index >= 15 is 0 Å². The van der Waals surface area contributed by atoms with Gasteiger partial charge >= 0.3 is 0 Å². The normalized spacial score (nSPS) is 13.2. The molecule has 0 radical (unpaired) electrons. The highest BCUT2D eigenvalue weighted by atomic mass is 32.1. The van der Waals surface area contributed by atoms with Gasteiger partial charge in [0, 0.05) is 5.54 Å². The van der Waals surface area contributed by atoms with Crippen LogP contribution in [0.15, 0.2) is 17.5 Å². The van der Waals surface area contributed by atoms with E-state index in [1.165, 1.54) is 0 Å². The molecular weight excluding hydrogens is 292 g/mol. The number of carbonyl (C=O) groups excluding carboxylic acids is 1. The first-order valence-corrected chi connectivity index (χ1v) is 7.61. The van der Waals surface area contributed by atoms with Crippen LogP contribution in [0.5, 0.6) is 0 Å². The minimum Gasteiger partial charge on any atom is -0.350 e. The minimum atomic E-state index is -0.419. The number of aromatic amines is 1. The van der Waals surface area contributed by atoms with E-state index in [1.54, 1.807) is 15.9 Å². The number of carbonyl (C=O) groups is 1. The Hall–Kier alpha value is -1.47. The number of amides is 1. The molecule has 0 spiro atoms. The van der Waals surface area contributed by atoms with Gasteiger partial charge in [-0.3, -0.25) is 14.5 Å². The lowest BCUT2D eigenvalue weighted by Crippen LogP contribution is -2.43. The molecule has 0 aliphatic heterocycles. The van der Waals surface area contributed by atoms with E-state index in [2.05, 4.69) is 15.5 Å². The molecule has 0 aromatic carbocycles. The van der Waals surface area contributed by atoms with Crippen molar-refractivity contribution in [2.45, 2.75) is 39.3 Å². The van der Waals surface area contributed by atoms with Crippen molar-refractivity contribution in [2.24, 2.45) is 0 Å². The Morgan fingerprint density at radius 3 is 2.80 bits per heavy atom. The highest BCUT2D eigenvalue weighted by molar-refractivity contribution is 7.71. The number of thiophene rings is 1. The number of nitrogens with one attached hydrogen (secondary N) is 2. The SMILES string of the molecule is CC(C(=O)NC(C)(C)C)n1c(-c2cccs2)n[nH]c1=S. The van der Waals surface area contributed by atoms with Gasteiger partial charge in [-0.15, -0.1) is 11.3 Å². The smallest absolute Gasteiger partial charge is 0.243 e. The van der Waals surface area contributed by atoms with Crippen LogP contribution in [0.3, 0.4) is 0 Å². The molecule has 0 fully saturated rings. The molecule has 7 heteroatoms. The molecule has 1 atom stereocenters. The van der Waals surface area contributed by atoms with Crippen LogP contribution >= 0.6 is 23.6 Å². The summed E-state index contributed by atoms with van der Waals surface area (Å²) in [4.78, 5) is 13.3. The number of hydrogen-bond donors (Lipinski definition) is 2. The molecule has 20 heavy (non-hydrogen) atoms. The van der Waals surface area contributed by atoms with Crippen LogP contribution < -0.4 is 5.32 Å². The summed E-state index contributed by atoms with van der Waals surface area (Å²) in [6, 6.07) is 3.49. The zero-order valence-electron chi connectivity index (χ0n) is 11.9. The summed E-state index contributed by atoms with van der Waals surface area (Å²) in [5, 5.41) is 11.9. The zero-order valence-corrected chi connectivity index (χ0v) is 13.6. The van der Waals surface area contributed by atoms with Crippen molar-refractivity contribution in [3.05, 3.63) is 22.3 Å². The summed E-state index contributed by atoms with van der Waals surface area (Å²) >= 11 is 6.82. The van der Waals surface area contributed by atoms with Gasteiger partial charge in [0.2, 0.25) is 5.91 Å². The monoisotopic (exact) mass is 310 g/mol. The fourth-order valence-electron chi connectivity index (χ4n) is 1.83. The van der Waals surface area contributed by atoms with Crippen LogP contribution in [-0.2, 0) is 4.79 Å². The summed E-state index contributed by atoms with van der Waals surface area (Å²) in [7, 11) is 0. The molecule has 2 heterocycles. The van der Waals surface area contributed by atoms with E-state index < -0.39 is 6.04 Å². The Labute approximate surface area is 127 Å². The second kappa shape index (κ2) is 5.49. The molecule has 1 amide bonds. The van der Waals surface area contributed by atoms with E-state index in [1.807, 2.05) is 45.2 Å². The first-order valence-electron chi connectivity index (χ1n) is 6.32. The minimum absolute atomic E-state index is 0.0761. The van der Waals surface area contributed by atoms with E-state index in [0.717, 1.165) is 4.88 Å². The van der Waals surface area contributed by atoms with Crippen molar-refractivity contribution in [3.8, 4) is 10.7 Å². The zero-order chi connectivity index (χ0) is 14.9. The number of aromatic nitrogens is 3. The molecule has 0 aliphatic rings. The standard InChI is InChI=1S/C13H18N4OS2/c1-8(11(18)14-13(2,3)4)17-10(15-16-12(17)19)9-6-5-7-20-9/h5-8H,1-4H3,(H,14,18)(H,16,19). The van der Waals surface area contributed by atoms with Gasteiger partial charge in [-0.25, -0.2) is 0 Å². The van der Waals surface area contributed by atoms with Crippen LogP contribution in [0.2, 0.25) is 0 Å². The molecule has 2 aromatic heterocycles. The first kappa shape index (κ1) is 14.9. The predicted octanol–water partition coefficient (Wildman–Crippen LogP) is 3.14. The predicted molar refractivity (Wildman–Crippen MR) is 83.3 cm³/mol. The van der Waals surface area contributed by atoms with Crippen LogP contribution in [0, 0.1) is 4.77 Å². The van der Waals surface area contributed by atoms with Crippen molar-refractivity contribution in [1.29, 1.82) is 0 Å². The quantitative estimate of drug-likeness (QED) is 0.856. The Morgan fingerprint density at radius 2 is 2.25 bits per heavy atom. The van der Waals surface area contributed by atoms with Crippen LogP contribution in [0.4, 0.5) is 0 Å². The second-order valence-electron chi connectivity index (χ2n) is 5.61. The number of nitrogens with zero attached hydrogens (tertiary/aromatic N) is 2. The Balaban J connectivity index is 2.36. The molecule has 0 saturated heterocycles. The van der Waals surface area contributed by atoms with E-state index in [0.29, 0.717) is 10.6 Å². The van der Waals surface area contributed by atoms with Crippen LogP contribution in [0.1, 0.15) is 33.7 Å². The lowest BCUT2D eigenvalue weighted by Gasteiger charge is -2.24. The molecule has 2 aromatic rings. The average molecular weight is 310 g/mol. The van der Waals surface area contributed by atoms with Gasteiger partial charge in [0.1, 0.15) is 6.04 Å². The fourth-order valence-corrected chi connectivity index (χ4v) is 2.84. The Bertz CT molecular complexity index is 649. The molecular formula is C13H18N4OS2. The summed E-state index contributed by atoms with van der Waals surface area (Å²) in [5.41, 5.74) is -0.277. The van der Waals surface area contributed by atoms with Crippen LogP contribution in [0.25, 0.3) is 10.7 Å². The topological polar surface area (TPSA) is 62.7 Å². The largest absolute Gasteiger partial charge is 0.350 e. The molecule has 0 saturated carbocycles. The maximum atomic E-state index is 12.3. The van der Waals surface area contributed by atoms with Crippen molar-refractivity contribution in [1.82, 2.24) is 20.1 Å². The molecule has 5 nitrogen and oxygen atoms in total. The summed E-state index contributed by atoms with van der Waals surface area (Å²) in [6.07, 6.45) is 0. The van der Waals surface area contributed by atoms with Crippen molar-refractivity contribution >= 4 is 29.5 Å². The number of hydrogen-bond acceptors (Lipinski definition) is 4. The maximum absolute atomic E-state index is 12.3. The molecule has 0 aliphatic carbocycles.